The first kappa shape index (κ1) is 32.0. The summed E-state index contributed by atoms with van der Waals surface area (Å²) in [5.74, 6) is -0.455. The van der Waals surface area contributed by atoms with Gasteiger partial charge in [0.1, 0.15) is 17.2 Å². The minimum absolute atomic E-state index is 0.0241. The third-order valence-electron chi connectivity index (χ3n) is 5.82. The van der Waals surface area contributed by atoms with E-state index < -0.39 is 19.8 Å². The fourth-order valence-corrected chi connectivity index (χ4v) is 4.73. The molecule has 9 heteroatoms. The lowest BCUT2D eigenvalue weighted by Gasteiger charge is -2.19. The molecule has 0 aliphatic heterocycles. The van der Waals surface area contributed by atoms with Crippen LogP contribution in [0.1, 0.15) is 57.2 Å². The van der Waals surface area contributed by atoms with Crippen molar-refractivity contribution in [2.24, 2.45) is 0 Å². The summed E-state index contributed by atoms with van der Waals surface area (Å²) in [5.41, 5.74) is 3.30. The van der Waals surface area contributed by atoms with Crippen LogP contribution < -0.4 is 13.6 Å². The first-order valence-electron chi connectivity index (χ1n) is 13.5. The molecule has 42 heavy (non-hydrogen) atoms. The molecule has 1 N–H and O–H groups in total. The Bertz CT molecular complexity index is 1370. The number of hydrogen-bond donors (Lipinski definition) is 1. The molecular weight excluding hydrogens is 555 g/mol. The van der Waals surface area contributed by atoms with Crippen molar-refractivity contribution >= 4 is 19.8 Å². The van der Waals surface area contributed by atoms with Crippen LogP contribution in [0.2, 0.25) is 0 Å². The van der Waals surface area contributed by atoms with E-state index in [2.05, 4.69) is 0 Å². The van der Waals surface area contributed by atoms with E-state index in [0.29, 0.717) is 23.9 Å². The molecule has 0 radical (unpaired) electrons. The first-order chi connectivity index (χ1) is 20.1. The van der Waals surface area contributed by atoms with Crippen LogP contribution in [0.5, 0.6) is 17.2 Å². The van der Waals surface area contributed by atoms with Crippen LogP contribution in [-0.4, -0.2) is 23.7 Å². The number of ether oxygens (including phenoxy) is 1. The number of benzene rings is 4. The summed E-state index contributed by atoms with van der Waals surface area (Å²) in [4.78, 5) is 22.4. The zero-order valence-electron chi connectivity index (χ0n) is 24.1. The normalized spacial score (nSPS) is 10.6. The standard InChI is InChI=1S/C21H21O4P.C12H14O4/c1-16-4-10-19(11-5-16)23-26(22,24-20-12-6-17(2)7-13-20)25-21-14-8-18(3)9-15-21;1-2-3-8-16-12(15)10-7-5-4-6-9(10)11(13)14/h4-15H,1-3H3;4-7H,2-3,8H2,1H3,(H,13,14). The maximum atomic E-state index is 13.3. The highest BCUT2D eigenvalue weighted by Gasteiger charge is 2.33. The van der Waals surface area contributed by atoms with Crippen molar-refractivity contribution in [2.75, 3.05) is 6.61 Å². The van der Waals surface area contributed by atoms with Crippen LogP contribution in [0.3, 0.4) is 0 Å². The number of rotatable bonds is 11. The van der Waals surface area contributed by atoms with Gasteiger partial charge in [-0.3, -0.25) is 0 Å². The summed E-state index contributed by atoms with van der Waals surface area (Å²) in [7, 11) is -3.93. The molecule has 0 aliphatic carbocycles. The predicted molar refractivity (Wildman–Crippen MR) is 162 cm³/mol. The van der Waals surface area contributed by atoms with Gasteiger partial charge < -0.3 is 23.4 Å². The zero-order valence-corrected chi connectivity index (χ0v) is 25.0. The Balaban J connectivity index is 0.000000260. The van der Waals surface area contributed by atoms with Crippen molar-refractivity contribution in [1.82, 2.24) is 0 Å². The number of phosphoric acid groups is 1. The van der Waals surface area contributed by atoms with Gasteiger partial charge in [-0.1, -0.05) is 78.6 Å². The van der Waals surface area contributed by atoms with Gasteiger partial charge in [0.2, 0.25) is 0 Å². The molecule has 8 nitrogen and oxygen atoms in total. The second-order valence-electron chi connectivity index (χ2n) is 9.50. The highest BCUT2D eigenvalue weighted by atomic mass is 31.2. The Morgan fingerprint density at radius 3 is 1.38 bits per heavy atom. The summed E-state index contributed by atoms with van der Waals surface area (Å²) in [6.45, 7) is 8.21. The number of esters is 1. The van der Waals surface area contributed by atoms with Gasteiger partial charge in [0.05, 0.1) is 17.7 Å². The fraction of sp³-hybridized carbons (Fsp3) is 0.212. The quantitative estimate of drug-likeness (QED) is 0.105. The van der Waals surface area contributed by atoms with Gasteiger partial charge in [0.15, 0.2) is 0 Å². The van der Waals surface area contributed by atoms with E-state index in [4.69, 9.17) is 23.4 Å². The lowest BCUT2D eigenvalue weighted by atomic mass is 10.1. The lowest BCUT2D eigenvalue weighted by Crippen LogP contribution is -2.12. The van der Waals surface area contributed by atoms with Gasteiger partial charge in [0, 0.05) is 0 Å². The Hall–Kier alpha value is -4.55. The van der Waals surface area contributed by atoms with Crippen molar-refractivity contribution < 1.29 is 37.6 Å². The van der Waals surface area contributed by atoms with Gasteiger partial charge >= 0.3 is 19.8 Å². The van der Waals surface area contributed by atoms with Crippen LogP contribution in [0.4, 0.5) is 0 Å². The number of aryl methyl sites for hydroxylation is 3. The molecule has 0 bridgehead atoms. The van der Waals surface area contributed by atoms with Crippen LogP contribution in [-0.2, 0) is 9.30 Å². The van der Waals surface area contributed by atoms with E-state index in [1.807, 2.05) is 64.1 Å². The molecule has 0 atom stereocenters. The smallest absolute Gasteiger partial charge is 0.478 e. The van der Waals surface area contributed by atoms with Crippen molar-refractivity contribution in [2.45, 2.75) is 40.5 Å². The number of aromatic carboxylic acids is 1. The number of carbonyl (C=O) groups excluding carboxylic acids is 1. The molecule has 0 aromatic heterocycles. The van der Waals surface area contributed by atoms with Crippen molar-refractivity contribution in [1.29, 1.82) is 0 Å². The molecule has 0 spiro atoms. The summed E-state index contributed by atoms with van der Waals surface area (Å²) in [6.07, 6.45) is 1.70. The SMILES string of the molecule is CCCCOC(=O)c1ccccc1C(=O)O.Cc1ccc(OP(=O)(Oc2ccc(C)cc2)Oc2ccc(C)cc2)cc1. The van der Waals surface area contributed by atoms with Crippen molar-refractivity contribution in [3.63, 3.8) is 0 Å². The molecule has 4 aromatic carbocycles. The van der Waals surface area contributed by atoms with Crippen LogP contribution >= 0.6 is 7.82 Å². The Morgan fingerprint density at radius 1 is 0.643 bits per heavy atom. The van der Waals surface area contributed by atoms with Crippen LogP contribution in [0.25, 0.3) is 0 Å². The lowest BCUT2D eigenvalue weighted by molar-refractivity contribution is 0.0489. The third-order valence-corrected chi connectivity index (χ3v) is 7.13. The summed E-state index contributed by atoms with van der Waals surface area (Å²) in [6, 6.07) is 27.7. The molecular formula is C33H35O8P. The number of carboxylic acid groups (broad SMARTS) is 1. The summed E-state index contributed by atoms with van der Waals surface area (Å²) >= 11 is 0. The summed E-state index contributed by atoms with van der Waals surface area (Å²) in [5, 5.41) is 8.88. The third kappa shape index (κ3) is 10.1. The number of hydrogen-bond acceptors (Lipinski definition) is 7. The molecule has 0 unspecified atom stereocenters. The maximum Gasteiger partial charge on any atom is 0.647 e. The Kier molecular flexibility index (Phi) is 11.8. The Morgan fingerprint density at radius 2 is 1.02 bits per heavy atom. The molecule has 0 heterocycles. The minimum Gasteiger partial charge on any atom is -0.478 e. The second-order valence-corrected chi connectivity index (χ2v) is 10.9. The average Bonchev–Trinajstić information content (AvgIpc) is 2.97. The molecule has 4 aromatic rings. The highest BCUT2D eigenvalue weighted by Crippen LogP contribution is 2.49. The number of carbonyl (C=O) groups is 2. The van der Waals surface area contributed by atoms with Crippen LogP contribution in [0.15, 0.2) is 97.1 Å². The van der Waals surface area contributed by atoms with Crippen LogP contribution in [0, 0.1) is 20.8 Å². The topological polar surface area (TPSA) is 108 Å². The number of carboxylic acids is 1. The maximum absolute atomic E-state index is 13.3. The van der Waals surface area contributed by atoms with E-state index in [0.717, 1.165) is 29.5 Å². The van der Waals surface area contributed by atoms with E-state index in [1.54, 1.807) is 48.5 Å². The molecule has 0 saturated carbocycles. The van der Waals surface area contributed by atoms with Crippen molar-refractivity contribution in [3.05, 3.63) is 125 Å². The van der Waals surface area contributed by atoms with E-state index in [9.17, 15) is 14.2 Å². The average molecular weight is 591 g/mol. The van der Waals surface area contributed by atoms with Gasteiger partial charge in [-0.05, 0) is 75.7 Å². The predicted octanol–water partition coefficient (Wildman–Crippen LogP) is 8.60. The van der Waals surface area contributed by atoms with Crippen molar-refractivity contribution in [3.8, 4) is 17.2 Å². The van der Waals surface area contributed by atoms with E-state index >= 15 is 0 Å². The fourth-order valence-electron chi connectivity index (χ4n) is 3.48. The van der Waals surface area contributed by atoms with Gasteiger partial charge in [0.25, 0.3) is 0 Å². The van der Waals surface area contributed by atoms with Gasteiger partial charge in [-0.15, -0.1) is 0 Å². The van der Waals surface area contributed by atoms with Gasteiger partial charge in [-0.2, -0.15) is 4.57 Å². The van der Waals surface area contributed by atoms with E-state index in [1.165, 1.54) is 12.1 Å². The Labute approximate surface area is 246 Å². The number of unbranched alkanes of at least 4 members (excludes halogenated alkanes) is 1. The molecule has 0 aliphatic rings. The van der Waals surface area contributed by atoms with E-state index in [-0.39, 0.29) is 11.1 Å². The molecule has 0 fully saturated rings. The first-order valence-corrected chi connectivity index (χ1v) is 14.9. The highest BCUT2D eigenvalue weighted by molar-refractivity contribution is 7.49. The summed E-state index contributed by atoms with van der Waals surface area (Å²) < 4.78 is 35.2. The largest absolute Gasteiger partial charge is 0.647 e. The molecule has 220 valence electrons. The molecule has 0 saturated heterocycles. The monoisotopic (exact) mass is 590 g/mol. The second kappa shape index (κ2) is 15.5. The van der Waals surface area contributed by atoms with Gasteiger partial charge in [-0.25, -0.2) is 9.59 Å². The minimum atomic E-state index is -3.93. The molecule has 4 rings (SSSR count). The molecule has 0 amide bonds. The zero-order chi connectivity index (χ0) is 30.5. The number of phosphoric ester groups is 1.